The Kier molecular flexibility index (Phi) is 7.76. The summed E-state index contributed by atoms with van der Waals surface area (Å²) >= 11 is 0. The molecule has 9 heteroatoms. The molecule has 0 aliphatic heterocycles. The zero-order valence-corrected chi connectivity index (χ0v) is 20.3. The minimum Gasteiger partial charge on any atom is -0.506 e. The van der Waals surface area contributed by atoms with Crippen molar-refractivity contribution in [1.29, 1.82) is 0 Å². The number of rotatable bonds is 9. The van der Waals surface area contributed by atoms with E-state index in [-0.39, 0.29) is 35.7 Å². The first kappa shape index (κ1) is 25.7. The lowest BCUT2D eigenvalue weighted by Gasteiger charge is -2.15. The highest BCUT2D eigenvalue weighted by Gasteiger charge is 2.24. The van der Waals surface area contributed by atoms with Gasteiger partial charge in [-0.15, -0.1) is 0 Å². The molecule has 0 aliphatic carbocycles. The molecule has 8 nitrogen and oxygen atoms in total. The van der Waals surface area contributed by atoms with E-state index < -0.39 is 29.4 Å². The van der Waals surface area contributed by atoms with Crippen LogP contribution in [0.3, 0.4) is 0 Å². The molecule has 190 valence electrons. The number of aliphatic hydroxyl groups excluding tert-OH is 2. The first-order chi connectivity index (χ1) is 17.7. The zero-order valence-electron chi connectivity index (χ0n) is 20.3. The number of para-hydroxylation sites is 2. The smallest absolute Gasteiger partial charge is 0.320 e. The first-order valence-corrected chi connectivity index (χ1v) is 11.5. The van der Waals surface area contributed by atoms with Gasteiger partial charge in [0, 0.05) is 11.1 Å². The van der Waals surface area contributed by atoms with E-state index in [2.05, 4.69) is 9.97 Å². The minimum atomic E-state index is -1.16. The molecular weight excluding hydrogens is 477 g/mol. The maximum atomic E-state index is 13.9. The maximum absolute atomic E-state index is 13.9. The van der Waals surface area contributed by atoms with Gasteiger partial charge >= 0.3 is 5.97 Å². The minimum absolute atomic E-state index is 0.0333. The third-order valence-electron chi connectivity index (χ3n) is 5.57. The van der Waals surface area contributed by atoms with Gasteiger partial charge in [0.2, 0.25) is 5.78 Å². The Morgan fingerprint density at radius 2 is 1.76 bits per heavy atom. The fraction of sp³-hybridized carbons (Fsp3) is 0.179. The fourth-order valence-corrected chi connectivity index (χ4v) is 3.78. The number of nitrogens with zero attached hydrogens (tertiary/aromatic N) is 2. The largest absolute Gasteiger partial charge is 0.506 e. The van der Waals surface area contributed by atoms with Gasteiger partial charge in [-0.1, -0.05) is 42.5 Å². The third-order valence-corrected chi connectivity index (χ3v) is 5.57. The maximum Gasteiger partial charge on any atom is 0.320 e. The van der Waals surface area contributed by atoms with Crippen molar-refractivity contribution >= 4 is 34.1 Å². The first-order valence-electron chi connectivity index (χ1n) is 11.5. The summed E-state index contributed by atoms with van der Waals surface area (Å²) in [5.74, 6) is -2.03. The number of fused-ring (bicyclic) bond motifs is 1. The number of halogens is 1. The van der Waals surface area contributed by atoms with Gasteiger partial charge in [0.15, 0.2) is 0 Å². The van der Waals surface area contributed by atoms with Crippen molar-refractivity contribution in [2.24, 2.45) is 0 Å². The molecule has 1 atom stereocenters. The van der Waals surface area contributed by atoms with Gasteiger partial charge in [0.05, 0.1) is 17.6 Å². The highest BCUT2D eigenvalue weighted by atomic mass is 19.1. The third kappa shape index (κ3) is 6.08. The number of allylic oxidation sites excluding steroid dienone is 1. The molecule has 1 unspecified atom stereocenters. The number of ether oxygens (including phenoxy) is 1. The molecule has 0 saturated heterocycles. The van der Waals surface area contributed by atoms with E-state index in [1.165, 1.54) is 24.3 Å². The Labute approximate surface area is 212 Å². The van der Waals surface area contributed by atoms with Crippen LogP contribution in [0, 0.1) is 5.82 Å². The SMILES string of the molecule is CN(C)CC(=O)OCC(O)c1cccc(/C(O)=C(\C(=O)c2cccc(F)c2)c2nc3ccccc3[nH]2)c1. The number of Topliss-reactive ketones (excluding diaryl/α,β-unsaturated/α-hetero) is 1. The number of likely N-dealkylation sites (N-methyl/N-ethyl adjacent to an activating group) is 1. The summed E-state index contributed by atoms with van der Waals surface area (Å²) in [6.45, 7) is -0.210. The Morgan fingerprint density at radius 1 is 1.03 bits per heavy atom. The number of ketones is 1. The molecule has 1 aromatic heterocycles. The number of esters is 1. The van der Waals surface area contributed by atoms with Crippen molar-refractivity contribution in [3.05, 3.63) is 101 Å². The molecule has 37 heavy (non-hydrogen) atoms. The fourth-order valence-electron chi connectivity index (χ4n) is 3.78. The lowest BCUT2D eigenvalue weighted by atomic mass is 9.97. The van der Waals surface area contributed by atoms with E-state index in [1.807, 2.05) is 0 Å². The van der Waals surface area contributed by atoms with Crippen LogP contribution in [0.2, 0.25) is 0 Å². The number of H-pyrrole nitrogens is 1. The van der Waals surface area contributed by atoms with Gasteiger partial charge in [0.25, 0.3) is 0 Å². The number of aliphatic hydroxyl groups is 2. The highest BCUT2D eigenvalue weighted by molar-refractivity contribution is 6.33. The van der Waals surface area contributed by atoms with E-state index >= 15 is 0 Å². The predicted molar refractivity (Wildman–Crippen MR) is 137 cm³/mol. The van der Waals surface area contributed by atoms with Crippen LogP contribution in [0.25, 0.3) is 22.4 Å². The van der Waals surface area contributed by atoms with Gasteiger partial charge in [-0.2, -0.15) is 0 Å². The summed E-state index contributed by atoms with van der Waals surface area (Å²) < 4.78 is 19.0. The van der Waals surface area contributed by atoms with E-state index in [0.29, 0.717) is 16.6 Å². The second-order valence-electron chi connectivity index (χ2n) is 8.73. The van der Waals surface area contributed by atoms with Crippen molar-refractivity contribution in [2.75, 3.05) is 27.2 Å². The van der Waals surface area contributed by atoms with Crippen LogP contribution < -0.4 is 0 Å². The van der Waals surface area contributed by atoms with Gasteiger partial charge < -0.3 is 19.9 Å². The average Bonchev–Trinajstić information content (AvgIpc) is 3.30. The Hall–Kier alpha value is -4.34. The predicted octanol–water partition coefficient (Wildman–Crippen LogP) is 4.15. The number of carbonyl (C=O) groups excluding carboxylic acids is 2. The number of hydrogen-bond acceptors (Lipinski definition) is 7. The standard InChI is InChI=1S/C28H26FN3O5/c1-32(2)15-24(34)37-16-23(33)17-7-5-8-18(13-17)26(35)25(27(36)19-9-6-10-20(29)14-19)28-30-21-11-3-4-12-22(21)31-28/h3-14,23,33,35H,15-16H2,1-2H3,(H,30,31)/b26-25-. The molecule has 3 aromatic carbocycles. The number of benzene rings is 3. The summed E-state index contributed by atoms with van der Waals surface area (Å²) in [6.07, 6.45) is -1.16. The molecule has 0 saturated carbocycles. The number of aromatic amines is 1. The molecule has 1 heterocycles. The summed E-state index contributed by atoms with van der Waals surface area (Å²) in [5, 5.41) is 21.9. The van der Waals surface area contributed by atoms with Crippen molar-refractivity contribution in [1.82, 2.24) is 14.9 Å². The molecule has 0 aliphatic rings. The summed E-state index contributed by atoms with van der Waals surface area (Å²) in [6, 6.07) is 18.5. The van der Waals surface area contributed by atoms with E-state index in [1.54, 1.807) is 61.5 Å². The highest BCUT2D eigenvalue weighted by Crippen LogP contribution is 2.29. The van der Waals surface area contributed by atoms with E-state index in [4.69, 9.17) is 4.74 Å². The van der Waals surface area contributed by atoms with Crippen LogP contribution in [-0.2, 0) is 9.53 Å². The number of aromatic nitrogens is 2. The summed E-state index contributed by atoms with van der Waals surface area (Å²) in [7, 11) is 3.45. The van der Waals surface area contributed by atoms with Crippen LogP contribution in [0.4, 0.5) is 4.39 Å². The molecular formula is C28H26FN3O5. The summed E-state index contributed by atoms with van der Waals surface area (Å²) in [5.41, 5.74) is 1.69. The Bertz CT molecular complexity index is 1440. The van der Waals surface area contributed by atoms with Crippen molar-refractivity contribution < 1.29 is 28.9 Å². The van der Waals surface area contributed by atoms with Gasteiger partial charge in [-0.05, 0) is 50.0 Å². The average molecular weight is 504 g/mol. The van der Waals surface area contributed by atoms with Crippen molar-refractivity contribution in [3.8, 4) is 0 Å². The Balaban J connectivity index is 1.73. The summed E-state index contributed by atoms with van der Waals surface area (Å²) in [4.78, 5) is 34.5. The van der Waals surface area contributed by atoms with Crippen molar-refractivity contribution in [2.45, 2.75) is 6.10 Å². The molecule has 4 aromatic rings. The van der Waals surface area contributed by atoms with Crippen LogP contribution >= 0.6 is 0 Å². The molecule has 4 rings (SSSR count). The van der Waals surface area contributed by atoms with Crippen LogP contribution in [-0.4, -0.2) is 64.1 Å². The second kappa shape index (κ2) is 11.2. The quantitative estimate of drug-likeness (QED) is 0.136. The van der Waals surface area contributed by atoms with Gasteiger partial charge in [0.1, 0.15) is 35.7 Å². The number of nitrogens with one attached hydrogen (secondary N) is 1. The van der Waals surface area contributed by atoms with Crippen LogP contribution in [0.15, 0.2) is 72.8 Å². The normalized spacial score (nSPS) is 12.9. The second-order valence-corrected chi connectivity index (χ2v) is 8.73. The monoisotopic (exact) mass is 503 g/mol. The molecule has 0 spiro atoms. The Morgan fingerprint density at radius 3 is 2.49 bits per heavy atom. The molecule has 0 radical (unpaired) electrons. The molecule has 3 N–H and O–H groups in total. The van der Waals surface area contributed by atoms with Gasteiger partial charge in [-0.3, -0.25) is 14.5 Å². The van der Waals surface area contributed by atoms with Crippen LogP contribution in [0.1, 0.15) is 33.4 Å². The van der Waals surface area contributed by atoms with E-state index in [9.17, 15) is 24.2 Å². The lowest BCUT2D eigenvalue weighted by Crippen LogP contribution is -2.25. The molecule has 0 bridgehead atoms. The molecule has 0 amide bonds. The lowest BCUT2D eigenvalue weighted by molar-refractivity contribution is -0.147. The number of carbonyl (C=O) groups is 2. The zero-order chi connectivity index (χ0) is 26.5. The topological polar surface area (TPSA) is 116 Å². The van der Waals surface area contributed by atoms with Crippen LogP contribution in [0.5, 0.6) is 0 Å². The number of imidazole rings is 1. The van der Waals surface area contributed by atoms with Crippen molar-refractivity contribution in [3.63, 3.8) is 0 Å². The van der Waals surface area contributed by atoms with Gasteiger partial charge in [-0.25, -0.2) is 9.37 Å². The van der Waals surface area contributed by atoms with E-state index in [0.717, 1.165) is 6.07 Å². The molecule has 0 fully saturated rings. The number of hydrogen-bond donors (Lipinski definition) is 3.